The number of unbranched alkanes of at least 4 members (excludes halogenated alkanes) is 1. The molecular formula is C22H30N4O2S. The second kappa shape index (κ2) is 11.0. The van der Waals surface area contributed by atoms with Gasteiger partial charge < -0.3 is 10.1 Å². The Morgan fingerprint density at radius 1 is 1.31 bits per heavy atom. The Hall–Kier alpha value is -2.28. The van der Waals surface area contributed by atoms with Crippen LogP contribution in [0.25, 0.3) is 11.4 Å². The number of thioether (sulfide) groups is 1. The van der Waals surface area contributed by atoms with E-state index in [1.807, 2.05) is 34.9 Å². The summed E-state index contributed by atoms with van der Waals surface area (Å²) in [5.74, 6) is 2.03. The van der Waals surface area contributed by atoms with Gasteiger partial charge in [0, 0.05) is 18.2 Å². The molecule has 0 aliphatic heterocycles. The van der Waals surface area contributed by atoms with E-state index in [4.69, 9.17) is 4.74 Å². The van der Waals surface area contributed by atoms with Crippen molar-refractivity contribution in [3.05, 3.63) is 36.9 Å². The van der Waals surface area contributed by atoms with E-state index < -0.39 is 0 Å². The number of aromatic nitrogens is 3. The second-order valence-electron chi connectivity index (χ2n) is 7.27. The maximum absolute atomic E-state index is 12.2. The summed E-state index contributed by atoms with van der Waals surface area (Å²) in [7, 11) is 0. The minimum atomic E-state index is 0.0604. The Morgan fingerprint density at radius 2 is 2.07 bits per heavy atom. The summed E-state index contributed by atoms with van der Waals surface area (Å²) in [5, 5.41) is 12.5. The standard InChI is InChI=1S/C22H30N4O2S/c1-3-5-15-28-19-12-10-17(11-13-19)21-24-25-22(26(21)14-4-2)29-16-20(27)23-18-8-6-7-9-18/h4,10-13,18H,2-3,5-9,14-16H2,1H3,(H,23,27). The van der Waals surface area contributed by atoms with Crippen LogP contribution in [0.15, 0.2) is 42.1 Å². The van der Waals surface area contributed by atoms with Crippen LogP contribution < -0.4 is 10.1 Å². The van der Waals surface area contributed by atoms with E-state index in [9.17, 15) is 4.79 Å². The number of benzene rings is 1. The lowest BCUT2D eigenvalue weighted by atomic mass is 10.2. The Balaban J connectivity index is 1.64. The SMILES string of the molecule is C=CCn1c(SCC(=O)NC2CCCC2)nnc1-c1ccc(OCCCC)cc1. The highest BCUT2D eigenvalue weighted by Crippen LogP contribution is 2.26. The van der Waals surface area contributed by atoms with Crippen LogP contribution in [0.4, 0.5) is 0 Å². The number of nitrogens with one attached hydrogen (secondary N) is 1. The number of nitrogens with zero attached hydrogens (tertiary/aromatic N) is 3. The van der Waals surface area contributed by atoms with Gasteiger partial charge in [0.25, 0.3) is 0 Å². The second-order valence-corrected chi connectivity index (χ2v) is 8.21. The molecule has 6 nitrogen and oxygen atoms in total. The largest absolute Gasteiger partial charge is 0.494 e. The van der Waals surface area contributed by atoms with Crippen molar-refractivity contribution in [2.45, 2.75) is 63.2 Å². The fraction of sp³-hybridized carbons (Fsp3) is 0.500. The van der Waals surface area contributed by atoms with Crippen LogP contribution in [-0.4, -0.2) is 39.1 Å². The predicted molar refractivity (Wildman–Crippen MR) is 117 cm³/mol. The first-order chi connectivity index (χ1) is 14.2. The number of allylic oxidation sites excluding steroid dienone is 1. The number of hydrogen-bond acceptors (Lipinski definition) is 5. The van der Waals surface area contributed by atoms with E-state index in [1.165, 1.54) is 24.6 Å². The van der Waals surface area contributed by atoms with Gasteiger partial charge in [0.2, 0.25) is 5.91 Å². The summed E-state index contributed by atoms with van der Waals surface area (Å²) in [6.45, 7) is 7.31. The van der Waals surface area contributed by atoms with Crippen LogP contribution in [-0.2, 0) is 11.3 Å². The summed E-state index contributed by atoms with van der Waals surface area (Å²) in [6, 6.07) is 8.24. The molecule has 0 spiro atoms. The average Bonchev–Trinajstić information content (AvgIpc) is 3.38. The van der Waals surface area contributed by atoms with E-state index in [0.29, 0.717) is 18.3 Å². The van der Waals surface area contributed by atoms with Crippen molar-refractivity contribution in [1.29, 1.82) is 0 Å². The maximum Gasteiger partial charge on any atom is 0.230 e. The number of amides is 1. The first-order valence-electron chi connectivity index (χ1n) is 10.4. The Kier molecular flexibility index (Phi) is 8.16. The van der Waals surface area contributed by atoms with Gasteiger partial charge in [0.05, 0.1) is 12.4 Å². The van der Waals surface area contributed by atoms with Crippen molar-refractivity contribution in [3.63, 3.8) is 0 Å². The molecule has 0 bridgehead atoms. The summed E-state index contributed by atoms with van der Waals surface area (Å²) in [6.07, 6.45) is 8.57. The highest BCUT2D eigenvalue weighted by Gasteiger charge is 2.19. The molecule has 2 aromatic rings. The molecule has 1 aromatic carbocycles. The fourth-order valence-electron chi connectivity index (χ4n) is 3.41. The van der Waals surface area contributed by atoms with Gasteiger partial charge in [0.1, 0.15) is 5.75 Å². The third-order valence-corrected chi connectivity index (χ3v) is 5.93. The molecular weight excluding hydrogens is 384 g/mol. The van der Waals surface area contributed by atoms with Gasteiger partial charge in [0.15, 0.2) is 11.0 Å². The molecule has 0 unspecified atom stereocenters. The Bertz CT molecular complexity index is 798. The maximum atomic E-state index is 12.2. The van der Waals surface area contributed by atoms with E-state index in [0.717, 1.165) is 54.6 Å². The first-order valence-corrected chi connectivity index (χ1v) is 11.4. The van der Waals surface area contributed by atoms with E-state index in [2.05, 4.69) is 29.0 Å². The van der Waals surface area contributed by atoms with Crippen molar-refractivity contribution in [2.24, 2.45) is 0 Å². The molecule has 1 N–H and O–H groups in total. The molecule has 156 valence electrons. The number of ether oxygens (including phenoxy) is 1. The molecule has 7 heteroatoms. The summed E-state index contributed by atoms with van der Waals surface area (Å²) >= 11 is 1.42. The topological polar surface area (TPSA) is 69.0 Å². The molecule has 1 amide bonds. The molecule has 3 rings (SSSR count). The van der Waals surface area contributed by atoms with Crippen molar-refractivity contribution >= 4 is 17.7 Å². The lowest BCUT2D eigenvalue weighted by Crippen LogP contribution is -2.33. The zero-order valence-corrected chi connectivity index (χ0v) is 17.9. The molecule has 0 saturated heterocycles. The van der Waals surface area contributed by atoms with Crippen LogP contribution in [0.5, 0.6) is 5.75 Å². The summed E-state index contributed by atoms with van der Waals surface area (Å²) < 4.78 is 7.73. The van der Waals surface area contributed by atoms with Gasteiger partial charge >= 0.3 is 0 Å². The molecule has 29 heavy (non-hydrogen) atoms. The van der Waals surface area contributed by atoms with Gasteiger partial charge in [-0.2, -0.15) is 0 Å². The fourth-order valence-corrected chi connectivity index (χ4v) is 4.17. The van der Waals surface area contributed by atoms with Crippen LogP contribution in [0.2, 0.25) is 0 Å². The molecule has 1 saturated carbocycles. The number of hydrogen-bond donors (Lipinski definition) is 1. The normalized spacial score (nSPS) is 14.1. The van der Waals surface area contributed by atoms with Crippen molar-refractivity contribution in [1.82, 2.24) is 20.1 Å². The smallest absolute Gasteiger partial charge is 0.230 e. The molecule has 1 fully saturated rings. The Labute approximate surface area is 177 Å². The zero-order chi connectivity index (χ0) is 20.5. The van der Waals surface area contributed by atoms with Crippen molar-refractivity contribution in [2.75, 3.05) is 12.4 Å². The van der Waals surface area contributed by atoms with Gasteiger partial charge in [-0.25, -0.2) is 0 Å². The molecule has 1 heterocycles. The number of carbonyl (C=O) groups excluding carboxylic acids is 1. The molecule has 1 aliphatic rings. The van der Waals surface area contributed by atoms with Gasteiger partial charge in [-0.15, -0.1) is 16.8 Å². The lowest BCUT2D eigenvalue weighted by molar-refractivity contribution is -0.119. The summed E-state index contributed by atoms with van der Waals surface area (Å²) in [4.78, 5) is 12.2. The van der Waals surface area contributed by atoms with Gasteiger partial charge in [-0.3, -0.25) is 9.36 Å². The van der Waals surface area contributed by atoms with Crippen LogP contribution in [0, 0.1) is 0 Å². The van der Waals surface area contributed by atoms with Crippen LogP contribution in [0.1, 0.15) is 45.4 Å². The third-order valence-electron chi connectivity index (χ3n) is 4.96. The van der Waals surface area contributed by atoms with Gasteiger partial charge in [-0.1, -0.05) is 44.0 Å². The first kappa shape index (κ1) is 21.4. The molecule has 0 atom stereocenters. The molecule has 1 aromatic heterocycles. The minimum Gasteiger partial charge on any atom is -0.494 e. The monoisotopic (exact) mass is 414 g/mol. The van der Waals surface area contributed by atoms with Gasteiger partial charge in [-0.05, 0) is 43.5 Å². The average molecular weight is 415 g/mol. The quantitative estimate of drug-likeness (QED) is 0.334. The molecule has 1 aliphatic carbocycles. The van der Waals surface area contributed by atoms with E-state index in [1.54, 1.807) is 0 Å². The zero-order valence-electron chi connectivity index (χ0n) is 17.1. The van der Waals surface area contributed by atoms with Crippen LogP contribution >= 0.6 is 11.8 Å². The minimum absolute atomic E-state index is 0.0604. The third kappa shape index (κ3) is 6.10. The lowest BCUT2D eigenvalue weighted by Gasteiger charge is -2.12. The highest BCUT2D eigenvalue weighted by atomic mass is 32.2. The molecule has 0 radical (unpaired) electrons. The van der Waals surface area contributed by atoms with Crippen LogP contribution in [0.3, 0.4) is 0 Å². The van der Waals surface area contributed by atoms with E-state index in [-0.39, 0.29) is 5.91 Å². The number of carbonyl (C=O) groups is 1. The summed E-state index contributed by atoms with van der Waals surface area (Å²) in [5.41, 5.74) is 0.962. The van der Waals surface area contributed by atoms with Crippen molar-refractivity contribution < 1.29 is 9.53 Å². The van der Waals surface area contributed by atoms with E-state index >= 15 is 0 Å². The number of rotatable bonds is 11. The van der Waals surface area contributed by atoms with Crippen molar-refractivity contribution in [3.8, 4) is 17.1 Å². The predicted octanol–water partition coefficient (Wildman–Crippen LogP) is 4.46. The Morgan fingerprint density at radius 3 is 2.76 bits per heavy atom. The highest BCUT2D eigenvalue weighted by molar-refractivity contribution is 7.99.